The summed E-state index contributed by atoms with van der Waals surface area (Å²) in [5.41, 5.74) is 3.32. The first-order chi connectivity index (χ1) is 10.4. The number of anilines is 1. The van der Waals surface area contributed by atoms with Gasteiger partial charge >= 0.3 is 0 Å². The van der Waals surface area contributed by atoms with E-state index in [1.807, 2.05) is 20.8 Å². The SMILES string of the molecule is CCC(=O)Nc1c(Sc2cc(C)cc(C)c2)c(C)c[nH]c1=O. The number of rotatable bonds is 4. The summed E-state index contributed by atoms with van der Waals surface area (Å²) in [4.78, 5) is 28.3. The fourth-order valence-corrected chi connectivity index (χ4v) is 3.39. The number of aryl methyl sites for hydroxylation is 3. The van der Waals surface area contributed by atoms with Crippen LogP contribution in [-0.2, 0) is 4.79 Å². The van der Waals surface area contributed by atoms with Crippen LogP contribution in [0.2, 0.25) is 0 Å². The molecule has 0 saturated heterocycles. The van der Waals surface area contributed by atoms with Crippen LogP contribution < -0.4 is 10.9 Å². The van der Waals surface area contributed by atoms with Crippen LogP contribution in [0, 0.1) is 20.8 Å². The molecule has 4 nitrogen and oxygen atoms in total. The van der Waals surface area contributed by atoms with Crippen LogP contribution in [0.25, 0.3) is 0 Å². The molecule has 116 valence electrons. The van der Waals surface area contributed by atoms with Gasteiger partial charge in [-0.15, -0.1) is 0 Å². The highest BCUT2D eigenvalue weighted by Gasteiger charge is 2.14. The first kappa shape index (κ1) is 16.4. The van der Waals surface area contributed by atoms with E-state index in [0.29, 0.717) is 12.1 Å². The zero-order valence-corrected chi connectivity index (χ0v) is 14.1. The molecule has 2 rings (SSSR count). The van der Waals surface area contributed by atoms with Crippen molar-refractivity contribution in [2.45, 2.75) is 43.9 Å². The third kappa shape index (κ3) is 3.80. The summed E-state index contributed by atoms with van der Waals surface area (Å²) in [7, 11) is 0. The predicted octanol–water partition coefficient (Wildman–Crippen LogP) is 3.80. The molecule has 2 aromatic rings. The zero-order valence-electron chi connectivity index (χ0n) is 13.2. The van der Waals surface area contributed by atoms with E-state index < -0.39 is 0 Å². The fraction of sp³-hybridized carbons (Fsp3) is 0.294. The summed E-state index contributed by atoms with van der Waals surface area (Å²) in [6, 6.07) is 6.25. The van der Waals surface area contributed by atoms with Gasteiger partial charge < -0.3 is 10.3 Å². The van der Waals surface area contributed by atoms with E-state index in [2.05, 4.69) is 28.5 Å². The van der Waals surface area contributed by atoms with Gasteiger partial charge in [0.1, 0.15) is 5.69 Å². The van der Waals surface area contributed by atoms with Crippen molar-refractivity contribution >= 4 is 23.4 Å². The summed E-state index contributed by atoms with van der Waals surface area (Å²) in [5, 5.41) is 2.72. The molecule has 2 N–H and O–H groups in total. The van der Waals surface area contributed by atoms with E-state index in [-0.39, 0.29) is 11.5 Å². The van der Waals surface area contributed by atoms with Crippen LogP contribution in [0.5, 0.6) is 0 Å². The lowest BCUT2D eigenvalue weighted by Crippen LogP contribution is -2.20. The first-order valence-corrected chi connectivity index (χ1v) is 8.00. The van der Waals surface area contributed by atoms with Gasteiger partial charge in [-0.05, 0) is 49.6 Å². The predicted molar refractivity (Wildman–Crippen MR) is 90.8 cm³/mol. The van der Waals surface area contributed by atoms with Crippen molar-refractivity contribution in [1.29, 1.82) is 0 Å². The van der Waals surface area contributed by atoms with E-state index in [9.17, 15) is 9.59 Å². The van der Waals surface area contributed by atoms with Crippen molar-refractivity contribution in [3.05, 3.63) is 51.4 Å². The third-order valence-electron chi connectivity index (χ3n) is 3.23. The Balaban J connectivity index is 2.47. The lowest BCUT2D eigenvalue weighted by atomic mass is 10.2. The molecule has 0 aliphatic heterocycles. The van der Waals surface area contributed by atoms with Gasteiger partial charge in [0.25, 0.3) is 5.56 Å². The second-order valence-corrected chi connectivity index (χ2v) is 6.42. The van der Waals surface area contributed by atoms with Gasteiger partial charge in [-0.2, -0.15) is 0 Å². The Morgan fingerprint density at radius 1 is 1.18 bits per heavy atom. The molecule has 5 heteroatoms. The Morgan fingerprint density at radius 2 is 1.82 bits per heavy atom. The van der Waals surface area contributed by atoms with Crippen molar-refractivity contribution in [3.63, 3.8) is 0 Å². The van der Waals surface area contributed by atoms with Gasteiger partial charge in [0.2, 0.25) is 5.91 Å². The van der Waals surface area contributed by atoms with E-state index in [4.69, 9.17) is 0 Å². The number of nitrogens with one attached hydrogen (secondary N) is 2. The Hall–Kier alpha value is -2.01. The molecule has 0 atom stereocenters. The minimum absolute atomic E-state index is 0.168. The van der Waals surface area contributed by atoms with Crippen molar-refractivity contribution in [1.82, 2.24) is 4.98 Å². The number of amides is 1. The largest absolute Gasteiger partial charge is 0.327 e. The monoisotopic (exact) mass is 316 g/mol. The van der Waals surface area contributed by atoms with Crippen molar-refractivity contribution in [2.75, 3.05) is 5.32 Å². The molecule has 1 heterocycles. The van der Waals surface area contributed by atoms with Gasteiger partial charge in [-0.3, -0.25) is 9.59 Å². The van der Waals surface area contributed by atoms with Crippen LogP contribution >= 0.6 is 11.8 Å². The number of H-pyrrole nitrogens is 1. The summed E-state index contributed by atoms with van der Waals surface area (Å²) >= 11 is 1.50. The van der Waals surface area contributed by atoms with Crippen LogP contribution in [0.3, 0.4) is 0 Å². The first-order valence-electron chi connectivity index (χ1n) is 7.19. The highest BCUT2D eigenvalue weighted by Crippen LogP contribution is 2.35. The van der Waals surface area contributed by atoms with Crippen LogP contribution in [-0.4, -0.2) is 10.9 Å². The Bertz CT molecular complexity index is 745. The van der Waals surface area contributed by atoms with Crippen LogP contribution in [0.4, 0.5) is 5.69 Å². The molecule has 0 saturated carbocycles. The third-order valence-corrected chi connectivity index (χ3v) is 4.43. The molecule has 1 amide bonds. The zero-order chi connectivity index (χ0) is 16.3. The Morgan fingerprint density at radius 3 is 2.41 bits per heavy atom. The molecule has 0 unspecified atom stereocenters. The number of carbonyl (C=O) groups excluding carboxylic acids is 1. The van der Waals surface area contributed by atoms with Crippen molar-refractivity contribution in [2.24, 2.45) is 0 Å². The maximum absolute atomic E-state index is 12.1. The maximum atomic E-state index is 12.1. The molecule has 1 aromatic heterocycles. The summed E-state index contributed by atoms with van der Waals surface area (Å²) < 4.78 is 0. The van der Waals surface area contributed by atoms with Crippen LogP contribution in [0.1, 0.15) is 30.0 Å². The Kier molecular flexibility index (Phi) is 5.08. The highest BCUT2D eigenvalue weighted by atomic mass is 32.2. The van der Waals surface area contributed by atoms with E-state index in [0.717, 1.165) is 15.4 Å². The number of benzene rings is 1. The summed E-state index contributed by atoms with van der Waals surface area (Å²) in [6.07, 6.45) is 2.01. The average molecular weight is 316 g/mol. The Labute approximate surface area is 134 Å². The molecular formula is C17H20N2O2S. The maximum Gasteiger partial charge on any atom is 0.272 e. The molecule has 0 spiro atoms. The second kappa shape index (κ2) is 6.83. The number of pyridine rings is 1. The number of hydrogen-bond acceptors (Lipinski definition) is 3. The molecule has 0 radical (unpaired) electrons. The minimum atomic E-state index is -0.278. The molecule has 0 fully saturated rings. The smallest absolute Gasteiger partial charge is 0.272 e. The molecule has 0 bridgehead atoms. The second-order valence-electron chi connectivity index (χ2n) is 5.33. The molecule has 0 aliphatic carbocycles. The highest BCUT2D eigenvalue weighted by molar-refractivity contribution is 7.99. The number of aromatic nitrogens is 1. The number of carbonyl (C=O) groups is 1. The van der Waals surface area contributed by atoms with Crippen molar-refractivity contribution < 1.29 is 4.79 Å². The summed E-state index contributed by atoms with van der Waals surface area (Å²) in [6.45, 7) is 7.77. The number of aromatic amines is 1. The lowest BCUT2D eigenvalue weighted by molar-refractivity contribution is -0.115. The quantitative estimate of drug-likeness (QED) is 0.902. The van der Waals surface area contributed by atoms with Crippen molar-refractivity contribution in [3.8, 4) is 0 Å². The van der Waals surface area contributed by atoms with Gasteiger partial charge in [0, 0.05) is 22.4 Å². The lowest BCUT2D eigenvalue weighted by Gasteiger charge is -2.13. The van der Waals surface area contributed by atoms with Gasteiger partial charge in [-0.1, -0.05) is 24.8 Å². The molecule has 0 aliphatic rings. The van der Waals surface area contributed by atoms with E-state index in [1.54, 1.807) is 13.1 Å². The molecular weight excluding hydrogens is 296 g/mol. The van der Waals surface area contributed by atoms with Gasteiger partial charge in [0.15, 0.2) is 0 Å². The average Bonchev–Trinajstić information content (AvgIpc) is 2.45. The van der Waals surface area contributed by atoms with E-state index in [1.165, 1.54) is 22.9 Å². The van der Waals surface area contributed by atoms with E-state index >= 15 is 0 Å². The minimum Gasteiger partial charge on any atom is -0.327 e. The summed E-state index contributed by atoms with van der Waals surface area (Å²) in [5.74, 6) is -0.168. The number of hydrogen-bond donors (Lipinski definition) is 2. The van der Waals surface area contributed by atoms with Gasteiger partial charge in [-0.25, -0.2) is 0 Å². The molecule has 22 heavy (non-hydrogen) atoms. The van der Waals surface area contributed by atoms with Crippen LogP contribution in [0.15, 0.2) is 39.0 Å². The molecule has 1 aromatic carbocycles. The fourth-order valence-electron chi connectivity index (χ4n) is 2.19. The topological polar surface area (TPSA) is 62.0 Å². The normalized spacial score (nSPS) is 10.5. The van der Waals surface area contributed by atoms with Gasteiger partial charge in [0.05, 0.1) is 0 Å². The standard InChI is InChI=1S/C17H20N2O2S/c1-5-14(20)19-15-16(12(4)9-18-17(15)21)22-13-7-10(2)6-11(3)8-13/h6-9H,5H2,1-4H3,(H,18,21)(H,19,20).